The summed E-state index contributed by atoms with van der Waals surface area (Å²) in [4.78, 5) is 23.7. The zero-order valence-electron chi connectivity index (χ0n) is 10.6. The van der Waals surface area contributed by atoms with Gasteiger partial charge >= 0.3 is 0 Å². The zero-order valence-corrected chi connectivity index (χ0v) is 11.5. The standard InChI is InChI=1S/C15H9NO4S/c17-12-6-5-10(16(19)20)7-9(12)8-14-15(18)11-3-1-2-4-13(11)21-14/h1-8,17H/b14-8-. The van der Waals surface area contributed by atoms with E-state index in [1.807, 2.05) is 12.1 Å². The molecule has 1 heterocycles. The monoisotopic (exact) mass is 299 g/mol. The molecule has 1 N–H and O–H groups in total. The smallest absolute Gasteiger partial charge is 0.270 e. The third-order valence-corrected chi connectivity index (χ3v) is 4.18. The number of Topliss-reactive ketones (excluding diaryl/α,β-unsaturated/α-hetero) is 1. The second-order valence-corrected chi connectivity index (χ2v) is 5.52. The maximum absolute atomic E-state index is 12.2. The quantitative estimate of drug-likeness (QED) is 0.520. The van der Waals surface area contributed by atoms with E-state index in [0.29, 0.717) is 10.5 Å². The molecule has 104 valence electrons. The van der Waals surface area contributed by atoms with Crippen LogP contribution in [0, 0.1) is 10.1 Å². The van der Waals surface area contributed by atoms with Crippen LogP contribution in [0.15, 0.2) is 52.3 Å². The highest BCUT2D eigenvalue weighted by atomic mass is 32.2. The summed E-state index contributed by atoms with van der Waals surface area (Å²) in [5.74, 6) is -0.237. The molecule has 6 heteroatoms. The number of hydrogen-bond donors (Lipinski definition) is 1. The van der Waals surface area contributed by atoms with Crippen molar-refractivity contribution in [1.82, 2.24) is 0 Å². The highest BCUT2D eigenvalue weighted by Gasteiger charge is 2.25. The Morgan fingerprint density at radius 2 is 1.95 bits per heavy atom. The number of carbonyl (C=O) groups excluding carboxylic acids is 1. The molecule has 1 aliphatic rings. The number of allylic oxidation sites excluding steroid dienone is 1. The Kier molecular flexibility index (Phi) is 3.23. The molecule has 2 aromatic carbocycles. The normalized spacial score (nSPS) is 15.2. The largest absolute Gasteiger partial charge is 0.507 e. The summed E-state index contributed by atoms with van der Waals surface area (Å²) in [6.45, 7) is 0. The Labute approximate surface area is 124 Å². The van der Waals surface area contributed by atoms with Crippen molar-refractivity contribution in [2.75, 3.05) is 0 Å². The first-order chi connectivity index (χ1) is 10.1. The number of non-ortho nitro benzene ring substituents is 1. The molecular formula is C15H9NO4S. The first kappa shape index (κ1) is 13.4. The van der Waals surface area contributed by atoms with Crippen LogP contribution in [0.3, 0.4) is 0 Å². The number of fused-ring (bicyclic) bond motifs is 1. The second kappa shape index (κ2) is 5.06. The van der Waals surface area contributed by atoms with Crippen molar-refractivity contribution < 1.29 is 14.8 Å². The Morgan fingerprint density at radius 1 is 1.19 bits per heavy atom. The van der Waals surface area contributed by atoms with Crippen molar-refractivity contribution in [3.63, 3.8) is 0 Å². The van der Waals surface area contributed by atoms with Crippen LogP contribution in [0.1, 0.15) is 15.9 Å². The molecule has 1 aliphatic heterocycles. The van der Waals surface area contributed by atoms with Gasteiger partial charge in [0, 0.05) is 28.2 Å². The molecule has 0 radical (unpaired) electrons. The lowest BCUT2D eigenvalue weighted by molar-refractivity contribution is -0.384. The molecule has 0 fully saturated rings. The first-order valence-electron chi connectivity index (χ1n) is 6.07. The van der Waals surface area contributed by atoms with Crippen LogP contribution in [-0.2, 0) is 0 Å². The maximum Gasteiger partial charge on any atom is 0.270 e. The number of thioether (sulfide) groups is 1. The van der Waals surface area contributed by atoms with E-state index >= 15 is 0 Å². The number of nitro groups is 1. The summed E-state index contributed by atoms with van der Waals surface area (Å²) in [6, 6.07) is 10.9. The highest BCUT2D eigenvalue weighted by molar-refractivity contribution is 8.04. The minimum atomic E-state index is -0.542. The van der Waals surface area contributed by atoms with E-state index in [2.05, 4.69) is 0 Å². The van der Waals surface area contributed by atoms with Gasteiger partial charge in [-0.2, -0.15) is 0 Å². The van der Waals surface area contributed by atoms with Gasteiger partial charge in [-0.05, 0) is 24.3 Å². The maximum atomic E-state index is 12.2. The van der Waals surface area contributed by atoms with E-state index in [0.717, 1.165) is 4.90 Å². The van der Waals surface area contributed by atoms with Crippen LogP contribution in [0.5, 0.6) is 5.75 Å². The highest BCUT2D eigenvalue weighted by Crippen LogP contribution is 2.41. The number of nitrogens with zero attached hydrogens (tertiary/aromatic N) is 1. The Hall–Kier alpha value is -2.60. The van der Waals surface area contributed by atoms with Crippen molar-refractivity contribution in [3.8, 4) is 5.75 Å². The van der Waals surface area contributed by atoms with E-state index < -0.39 is 4.92 Å². The number of hydrogen-bond acceptors (Lipinski definition) is 5. The molecule has 0 unspecified atom stereocenters. The van der Waals surface area contributed by atoms with Gasteiger partial charge in [0.25, 0.3) is 5.69 Å². The van der Waals surface area contributed by atoms with Gasteiger partial charge in [0.05, 0.1) is 9.83 Å². The average molecular weight is 299 g/mol. The summed E-state index contributed by atoms with van der Waals surface area (Å²) in [6.07, 6.45) is 1.48. The van der Waals surface area contributed by atoms with Gasteiger partial charge in [-0.3, -0.25) is 14.9 Å². The summed E-state index contributed by atoms with van der Waals surface area (Å²) in [7, 11) is 0. The topological polar surface area (TPSA) is 80.4 Å². The Bertz CT molecular complexity index is 798. The van der Waals surface area contributed by atoms with Crippen molar-refractivity contribution in [1.29, 1.82) is 0 Å². The number of aromatic hydroxyl groups is 1. The van der Waals surface area contributed by atoms with Crippen molar-refractivity contribution in [2.45, 2.75) is 4.90 Å². The molecular weight excluding hydrogens is 290 g/mol. The number of ketones is 1. The van der Waals surface area contributed by atoms with E-state index in [4.69, 9.17) is 0 Å². The lowest BCUT2D eigenvalue weighted by Crippen LogP contribution is -1.94. The number of rotatable bonds is 2. The second-order valence-electron chi connectivity index (χ2n) is 4.44. The van der Waals surface area contributed by atoms with Gasteiger partial charge in [-0.15, -0.1) is 0 Å². The van der Waals surface area contributed by atoms with Crippen LogP contribution >= 0.6 is 11.8 Å². The molecule has 0 saturated heterocycles. The molecule has 0 atom stereocenters. The van der Waals surface area contributed by atoms with E-state index in [1.54, 1.807) is 12.1 Å². The van der Waals surface area contributed by atoms with Crippen molar-refractivity contribution in [2.24, 2.45) is 0 Å². The number of phenolic OH excluding ortho intramolecular Hbond substituents is 1. The Morgan fingerprint density at radius 3 is 2.67 bits per heavy atom. The fourth-order valence-corrected chi connectivity index (χ4v) is 3.09. The molecule has 0 amide bonds. The van der Waals surface area contributed by atoms with E-state index in [-0.39, 0.29) is 22.8 Å². The van der Waals surface area contributed by atoms with Crippen molar-refractivity contribution >= 4 is 29.3 Å². The summed E-state index contributed by atoms with van der Waals surface area (Å²) in [5.41, 5.74) is 0.735. The molecule has 21 heavy (non-hydrogen) atoms. The minimum Gasteiger partial charge on any atom is -0.507 e. The van der Waals surface area contributed by atoms with Gasteiger partial charge in [0.1, 0.15) is 5.75 Å². The van der Waals surface area contributed by atoms with Gasteiger partial charge in [0.2, 0.25) is 5.78 Å². The van der Waals surface area contributed by atoms with E-state index in [1.165, 1.54) is 36.0 Å². The van der Waals surface area contributed by atoms with Crippen LogP contribution < -0.4 is 0 Å². The lowest BCUT2D eigenvalue weighted by atomic mass is 10.1. The molecule has 0 aliphatic carbocycles. The molecule has 5 nitrogen and oxygen atoms in total. The molecule has 2 aromatic rings. The number of carbonyl (C=O) groups is 1. The fourth-order valence-electron chi connectivity index (χ4n) is 2.05. The lowest BCUT2D eigenvalue weighted by Gasteiger charge is -2.00. The molecule has 0 bridgehead atoms. The molecule has 3 rings (SSSR count). The number of nitro benzene ring substituents is 1. The van der Waals surface area contributed by atoms with Gasteiger partial charge < -0.3 is 5.11 Å². The molecule has 0 spiro atoms. The Balaban J connectivity index is 2.03. The summed E-state index contributed by atoms with van der Waals surface area (Å²) in [5, 5.41) is 20.6. The summed E-state index contributed by atoms with van der Waals surface area (Å²) >= 11 is 1.29. The van der Waals surface area contributed by atoms with Crippen LogP contribution in [0.2, 0.25) is 0 Å². The third kappa shape index (κ3) is 2.41. The van der Waals surface area contributed by atoms with E-state index in [9.17, 15) is 20.0 Å². The fraction of sp³-hybridized carbons (Fsp3) is 0. The predicted molar refractivity (Wildman–Crippen MR) is 79.4 cm³/mol. The van der Waals surface area contributed by atoms with Crippen LogP contribution in [0.4, 0.5) is 5.69 Å². The number of phenols is 1. The first-order valence-corrected chi connectivity index (χ1v) is 6.88. The molecule has 0 saturated carbocycles. The number of benzene rings is 2. The van der Waals surface area contributed by atoms with Crippen molar-refractivity contribution in [3.05, 3.63) is 68.6 Å². The van der Waals surface area contributed by atoms with Gasteiger partial charge in [0.15, 0.2) is 0 Å². The summed E-state index contributed by atoms with van der Waals surface area (Å²) < 4.78 is 0. The predicted octanol–water partition coefficient (Wildman–Crippen LogP) is 3.63. The SMILES string of the molecule is O=C1/C(=C/c2cc([N+](=O)[O-])ccc2O)Sc2ccccc21. The average Bonchev–Trinajstić information content (AvgIpc) is 2.78. The van der Waals surface area contributed by atoms with Crippen LogP contribution in [0.25, 0.3) is 6.08 Å². The van der Waals surface area contributed by atoms with Crippen LogP contribution in [-0.4, -0.2) is 15.8 Å². The van der Waals surface area contributed by atoms with Gasteiger partial charge in [-0.25, -0.2) is 0 Å². The van der Waals surface area contributed by atoms with Gasteiger partial charge in [-0.1, -0.05) is 23.9 Å². The third-order valence-electron chi connectivity index (χ3n) is 3.08. The molecule has 0 aromatic heterocycles. The minimum absolute atomic E-state index is 0.0996. The zero-order chi connectivity index (χ0) is 15.0.